The van der Waals surface area contributed by atoms with Crippen molar-refractivity contribution in [3.05, 3.63) is 0 Å². The molecule has 0 radical (unpaired) electrons. The van der Waals surface area contributed by atoms with Crippen molar-refractivity contribution in [3.63, 3.8) is 0 Å². The van der Waals surface area contributed by atoms with Gasteiger partial charge in [0.15, 0.2) is 5.96 Å². The van der Waals surface area contributed by atoms with Crippen LogP contribution in [0.2, 0.25) is 0 Å². The molecule has 0 amide bonds. The molecule has 2 atom stereocenters. The third-order valence-electron chi connectivity index (χ3n) is 6.11. The quantitative estimate of drug-likeness (QED) is 0.317. The van der Waals surface area contributed by atoms with Crippen LogP contribution in [0.3, 0.4) is 0 Å². The number of likely N-dealkylation sites (tertiary alicyclic amines) is 1. The summed E-state index contributed by atoms with van der Waals surface area (Å²) in [4.78, 5) is 7.57. The lowest BCUT2D eigenvalue weighted by Gasteiger charge is -2.28. The number of aliphatic imine (C=N–C) groups is 1. The lowest BCUT2D eigenvalue weighted by atomic mass is 9.83. The van der Waals surface area contributed by atoms with Gasteiger partial charge in [0.2, 0.25) is 0 Å². The molecule has 0 spiro atoms. The van der Waals surface area contributed by atoms with Gasteiger partial charge in [-0.05, 0) is 51.4 Å². The molecule has 2 aliphatic rings. The Morgan fingerprint density at radius 1 is 1.27 bits per heavy atom. The van der Waals surface area contributed by atoms with E-state index in [0.29, 0.717) is 23.4 Å². The van der Waals surface area contributed by atoms with Crippen molar-refractivity contribution >= 4 is 29.9 Å². The summed E-state index contributed by atoms with van der Waals surface area (Å²) >= 11 is 0. The van der Waals surface area contributed by atoms with E-state index in [1.165, 1.54) is 32.2 Å². The highest BCUT2D eigenvalue weighted by atomic mass is 127. The van der Waals surface area contributed by atoms with Crippen LogP contribution in [0.1, 0.15) is 59.8 Å². The number of hydrogen-bond donors (Lipinski definition) is 2. The van der Waals surface area contributed by atoms with Gasteiger partial charge in [-0.15, -0.1) is 24.0 Å². The smallest absolute Gasteiger partial charge is 0.191 e. The molecule has 2 rings (SSSR count). The SMILES string of the molecule is CCNC(=NCC1(CCOC)CCCC1)NC1CN(C(C)C)CC1C.I. The first-order chi connectivity index (χ1) is 12.0. The Hall–Kier alpha value is -0.0800. The van der Waals surface area contributed by atoms with Gasteiger partial charge in [0, 0.05) is 52.0 Å². The number of halogens is 1. The maximum atomic E-state index is 5.35. The number of hydrogen-bond acceptors (Lipinski definition) is 3. The second-order valence-corrected chi connectivity index (χ2v) is 8.42. The molecule has 26 heavy (non-hydrogen) atoms. The van der Waals surface area contributed by atoms with Crippen LogP contribution in [0.4, 0.5) is 0 Å². The van der Waals surface area contributed by atoms with Crippen LogP contribution in [0.15, 0.2) is 4.99 Å². The topological polar surface area (TPSA) is 48.9 Å². The largest absolute Gasteiger partial charge is 0.385 e. The highest BCUT2D eigenvalue weighted by Gasteiger charge is 2.34. The fourth-order valence-corrected chi connectivity index (χ4v) is 4.29. The average molecular weight is 480 g/mol. The number of nitrogens with one attached hydrogen (secondary N) is 2. The van der Waals surface area contributed by atoms with Crippen LogP contribution < -0.4 is 10.6 Å². The highest BCUT2D eigenvalue weighted by molar-refractivity contribution is 14.0. The molecular formula is C20H41IN4O. The lowest BCUT2D eigenvalue weighted by Crippen LogP contribution is -2.47. The second-order valence-electron chi connectivity index (χ2n) is 8.42. The Balaban J connectivity index is 0.00000338. The first-order valence-electron chi connectivity index (χ1n) is 10.3. The van der Waals surface area contributed by atoms with Gasteiger partial charge in [-0.25, -0.2) is 0 Å². The van der Waals surface area contributed by atoms with Crippen molar-refractivity contribution in [2.75, 3.05) is 39.9 Å². The Bertz CT molecular complexity index is 424. The Morgan fingerprint density at radius 3 is 2.50 bits per heavy atom. The van der Waals surface area contributed by atoms with Crippen LogP contribution in [0.25, 0.3) is 0 Å². The second kappa shape index (κ2) is 11.7. The molecule has 2 unspecified atom stereocenters. The van der Waals surface area contributed by atoms with Crippen molar-refractivity contribution < 1.29 is 4.74 Å². The van der Waals surface area contributed by atoms with Gasteiger partial charge in [-0.1, -0.05) is 19.8 Å². The van der Waals surface area contributed by atoms with Crippen LogP contribution in [0, 0.1) is 11.3 Å². The molecule has 154 valence electrons. The van der Waals surface area contributed by atoms with E-state index in [0.717, 1.165) is 38.6 Å². The van der Waals surface area contributed by atoms with E-state index in [-0.39, 0.29) is 24.0 Å². The minimum Gasteiger partial charge on any atom is -0.385 e. The van der Waals surface area contributed by atoms with Gasteiger partial charge < -0.3 is 15.4 Å². The fraction of sp³-hybridized carbons (Fsp3) is 0.950. The van der Waals surface area contributed by atoms with Crippen LogP contribution in [0.5, 0.6) is 0 Å². The van der Waals surface area contributed by atoms with Crippen molar-refractivity contribution in [1.29, 1.82) is 0 Å². The summed E-state index contributed by atoms with van der Waals surface area (Å²) in [7, 11) is 1.81. The molecule has 2 N–H and O–H groups in total. The van der Waals surface area contributed by atoms with E-state index in [1.807, 2.05) is 0 Å². The van der Waals surface area contributed by atoms with Crippen molar-refractivity contribution in [2.45, 2.75) is 71.9 Å². The summed E-state index contributed by atoms with van der Waals surface area (Å²) in [5.41, 5.74) is 0.351. The van der Waals surface area contributed by atoms with Gasteiger partial charge in [-0.2, -0.15) is 0 Å². The molecule has 1 saturated carbocycles. The van der Waals surface area contributed by atoms with Gasteiger partial charge in [0.1, 0.15) is 0 Å². The molecule has 0 bridgehead atoms. The van der Waals surface area contributed by atoms with E-state index < -0.39 is 0 Å². The van der Waals surface area contributed by atoms with E-state index in [9.17, 15) is 0 Å². The molecule has 6 heteroatoms. The standard InChI is InChI=1S/C20H40N4O.HI/c1-6-21-19(23-18-14-24(16(2)3)13-17(18)4)22-15-20(11-12-25-5)9-7-8-10-20;/h16-18H,6-15H2,1-5H3,(H2,21,22,23);1H. The summed E-state index contributed by atoms with van der Waals surface area (Å²) in [5.74, 6) is 1.65. The predicted molar refractivity (Wildman–Crippen MR) is 122 cm³/mol. The maximum Gasteiger partial charge on any atom is 0.191 e. The number of guanidine groups is 1. The summed E-state index contributed by atoms with van der Waals surface area (Å²) in [6, 6.07) is 1.10. The normalized spacial score (nSPS) is 26.2. The molecule has 1 heterocycles. The van der Waals surface area contributed by atoms with Gasteiger partial charge in [-0.3, -0.25) is 9.89 Å². The zero-order valence-corrected chi connectivity index (χ0v) is 19.8. The maximum absolute atomic E-state index is 5.35. The number of rotatable bonds is 8. The molecule has 0 aromatic heterocycles. The first-order valence-corrected chi connectivity index (χ1v) is 10.3. The number of methoxy groups -OCH3 is 1. The van der Waals surface area contributed by atoms with Gasteiger partial charge in [0.25, 0.3) is 0 Å². The summed E-state index contributed by atoms with van der Waals surface area (Å²) in [5, 5.41) is 7.18. The third kappa shape index (κ3) is 6.82. The highest BCUT2D eigenvalue weighted by Crippen LogP contribution is 2.41. The summed E-state index contributed by atoms with van der Waals surface area (Å²) < 4.78 is 5.35. The zero-order valence-electron chi connectivity index (χ0n) is 17.5. The minimum atomic E-state index is 0. The van der Waals surface area contributed by atoms with E-state index in [4.69, 9.17) is 9.73 Å². The predicted octanol–water partition coefficient (Wildman–Crippen LogP) is 3.49. The molecular weight excluding hydrogens is 439 g/mol. The van der Waals surface area contributed by atoms with Crippen molar-refractivity contribution in [1.82, 2.24) is 15.5 Å². The third-order valence-corrected chi connectivity index (χ3v) is 6.11. The average Bonchev–Trinajstić information content (AvgIpc) is 3.19. The van der Waals surface area contributed by atoms with Crippen LogP contribution in [-0.4, -0.2) is 62.8 Å². The number of nitrogens with zero attached hydrogens (tertiary/aromatic N) is 2. The molecule has 1 saturated heterocycles. The molecule has 0 aromatic carbocycles. The van der Waals surface area contributed by atoms with Crippen LogP contribution in [-0.2, 0) is 4.74 Å². The Kier molecular flexibility index (Phi) is 10.8. The summed E-state index contributed by atoms with van der Waals surface area (Å²) in [6.07, 6.45) is 6.40. The number of ether oxygens (including phenoxy) is 1. The van der Waals surface area contributed by atoms with Crippen molar-refractivity contribution in [3.8, 4) is 0 Å². The van der Waals surface area contributed by atoms with Gasteiger partial charge in [0.05, 0.1) is 0 Å². The lowest BCUT2D eigenvalue weighted by molar-refractivity contribution is 0.141. The zero-order chi connectivity index (χ0) is 18.3. The van der Waals surface area contributed by atoms with Gasteiger partial charge >= 0.3 is 0 Å². The van der Waals surface area contributed by atoms with Crippen molar-refractivity contribution in [2.24, 2.45) is 16.3 Å². The van der Waals surface area contributed by atoms with E-state index in [2.05, 4.69) is 43.2 Å². The Morgan fingerprint density at radius 2 is 1.96 bits per heavy atom. The van der Waals surface area contributed by atoms with E-state index in [1.54, 1.807) is 7.11 Å². The molecule has 1 aliphatic heterocycles. The first kappa shape index (κ1) is 24.0. The molecule has 1 aliphatic carbocycles. The molecule has 0 aromatic rings. The molecule has 5 nitrogen and oxygen atoms in total. The monoisotopic (exact) mass is 480 g/mol. The Labute approximate surface area is 178 Å². The molecule has 2 fully saturated rings. The van der Waals surface area contributed by atoms with E-state index >= 15 is 0 Å². The minimum absolute atomic E-state index is 0. The fourth-order valence-electron chi connectivity index (χ4n) is 4.29. The summed E-state index contributed by atoms with van der Waals surface area (Å²) in [6.45, 7) is 14.0. The van der Waals surface area contributed by atoms with Crippen LogP contribution >= 0.6 is 24.0 Å².